The predicted molar refractivity (Wildman–Crippen MR) is 96.9 cm³/mol. The fourth-order valence-corrected chi connectivity index (χ4v) is 3.24. The Morgan fingerprint density at radius 2 is 1.96 bits per heavy atom. The number of fused-ring (bicyclic) bond motifs is 1. The highest BCUT2D eigenvalue weighted by atomic mass is 16.3. The molecule has 2 heterocycles. The molecule has 0 bridgehead atoms. The second-order valence-electron chi connectivity index (χ2n) is 7.05. The van der Waals surface area contributed by atoms with Gasteiger partial charge in [0, 0.05) is 12.0 Å². The van der Waals surface area contributed by atoms with Crippen molar-refractivity contribution in [1.82, 2.24) is 10.6 Å². The molecule has 4 N–H and O–H groups in total. The first-order chi connectivity index (χ1) is 12.5. The Hall–Kier alpha value is -2.60. The van der Waals surface area contributed by atoms with Gasteiger partial charge in [0.2, 0.25) is 5.91 Å². The number of carbonyl (C=O) groups excluding carboxylic acids is 2. The normalized spacial score (nSPS) is 17.4. The summed E-state index contributed by atoms with van der Waals surface area (Å²) in [4.78, 5) is 25.2. The number of nitrogens with one attached hydrogen (secondary N) is 2. The summed E-state index contributed by atoms with van der Waals surface area (Å²) in [6.07, 6.45) is 2.25. The van der Waals surface area contributed by atoms with E-state index in [2.05, 4.69) is 22.8 Å². The summed E-state index contributed by atoms with van der Waals surface area (Å²) in [6, 6.07) is 11.0. The van der Waals surface area contributed by atoms with Crippen LogP contribution in [0.3, 0.4) is 0 Å². The van der Waals surface area contributed by atoms with Crippen molar-refractivity contribution in [2.75, 3.05) is 0 Å². The molecule has 0 unspecified atom stereocenters. The van der Waals surface area contributed by atoms with Gasteiger partial charge in [0.05, 0.1) is 12.8 Å². The molecule has 6 nitrogen and oxygen atoms in total. The average Bonchev–Trinajstić information content (AvgIpc) is 3.17. The van der Waals surface area contributed by atoms with Crippen molar-refractivity contribution in [2.45, 2.75) is 45.4 Å². The number of amides is 2. The Morgan fingerprint density at radius 3 is 2.65 bits per heavy atom. The van der Waals surface area contributed by atoms with Crippen LogP contribution in [0.25, 0.3) is 0 Å². The number of rotatable bonds is 6. The zero-order valence-corrected chi connectivity index (χ0v) is 15.2. The molecule has 0 spiro atoms. The molecule has 0 fully saturated rings. The van der Waals surface area contributed by atoms with Crippen molar-refractivity contribution in [1.29, 1.82) is 0 Å². The number of hydrogen-bond acceptors (Lipinski definition) is 3. The quantitative estimate of drug-likeness (QED) is 0.713. The van der Waals surface area contributed by atoms with Crippen LogP contribution in [0.15, 0.2) is 47.1 Å². The zero-order valence-electron chi connectivity index (χ0n) is 15.2. The highest BCUT2D eigenvalue weighted by molar-refractivity contribution is 5.89. The maximum atomic E-state index is 12.7. The van der Waals surface area contributed by atoms with Crippen molar-refractivity contribution in [3.8, 4) is 0 Å². The fraction of sp³-hybridized carbons (Fsp3) is 0.400. The van der Waals surface area contributed by atoms with E-state index in [1.54, 1.807) is 18.4 Å². The summed E-state index contributed by atoms with van der Waals surface area (Å²) < 4.78 is 5.23. The van der Waals surface area contributed by atoms with Gasteiger partial charge in [-0.1, -0.05) is 38.1 Å². The Morgan fingerprint density at radius 1 is 1.19 bits per heavy atom. The van der Waals surface area contributed by atoms with Gasteiger partial charge in [0.15, 0.2) is 6.04 Å². The zero-order chi connectivity index (χ0) is 18.5. The van der Waals surface area contributed by atoms with Gasteiger partial charge in [-0.15, -0.1) is 0 Å². The highest BCUT2D eigenvalue weighted by Gasteiger charge is 2.32. The number of benzene rings is 1. The number of nitrogens with two attached hydrogens (primary N) is 1. The first kappa shape index (κ1) is 18.2. The van der Waals surface area contributed by atoms with E-state index in [-0.39, 0.29) is 23.8 Å². The van der Waals surface area contributed by atoms with Crippen LogP contribution in [0.1, 0.15) is 30.7 Å². The van der Waals surface area contributed by atoms with Crippen LogP contribution in [0.5, 0.6) is 0 Å². The summed E-state index contributed by atoms with van der Waals surface area (Å²) in [7, 11) is 0. The molecule has 26 heavy (non-hydrogen) atoms. The number of hydrogen-bond donors (Lipinski definition) is 3. The monoisotopic (exact) mass is 356 g/mol. The Labute approximate surface area is 153 Å². The molecule has 2 aromatic rings. The second-order valence-corrected chi connectivity index (χ2v) is 7.05. The third kappa shape index (κ3) is 4.32. The van der Waals surface area contributed by atoms with Crippen LogP contribution >= 0.6 is 0 Å². The number of furan rings is 1. The smallest absolute Gasteiger partial charge is 0.279 e. The minimum absolute atomic E-state index is 0.00794. The van der Waals surface area contributed by atoms with Crippen LogP contribution in [0.2, 0.25) is 0 Å². The molecule has 1 aromatic carbocycles. The fourth-order valence-electron chi connectivity index (χ4n) is 3.24. The van der Waals surface area contributed by atoms with Crippen LogP contribution < -0.4 is 16.0 Å². The van der Waals surface area contributed by atoms with Crippen molar-refractivity contribution in [2.24, 2.45) is 5.92 Å². The topological polar surface area (TPSA) is 88.0 Å². The van der Waals surface area contributed by atoms with Gasteiger partial charge < -0.3 is 20.4 Å². The van der Waals surface area contributed by atoms with Crippen molar-refractivity contribution in [3.63, 3.8) is 0 Å². The van der Waals surface area contributed by atoms with Crippen molar-refractivity contribution >= 4 is 11.8 Å². The third-order valence-electron chi connectivity index (χ3n) is 4.78. The molecule has 1 aliphatic rings. The molecule has 2 amide bonds. The first-order valence-corrected chi connectivity index (χ1v) is 9.05. The molecule has 1 aromatic heterocycles. The van der Waals surface area contributed by atoms with Crippen LogP contribution in [0, 0.1) is 5.92 Å². The Bertz CT molecular complexity index is 755. The van der Waals surface area contributed by atoms with Gasteiger partial charge in [0.25, 0.3) is 5.91 Å². The lowest BCUT2D eigenvalue weighted by Gasteiger charge is -2.26. The third-order valence-corrected chi connectivity index (χ3v) is 4.78. The molecular weight excluding hydrogens is 330 g/mol. The van der Waals surface area contributed by atoms with Gasteiger partial charge in [-0.2, -0.15) is 0 Å². The highest BCUT2D eigenvalue weighted by Crippen LogP contribution is 2.13. The van der Waals surface area contributed by atoms with E-state index < -0.39 is 6.04 Å². The summed E-state index contributed by atoms with van der Waals surface area (Å²) in [5, 5.41) is 7.80. The summed E-state index contributed by atoms with van der Waals surface area (Å²) in [5.74, 6) is 0.392. The van der Waals surface area contributed by atoms with Crippen molar-refractivity contribution < 1.29 is 19.3 Å². The molecular formula is C20H26N3O3+. The molecule has 6 heteroatoms. The van der Waals surface area contributed by atoms with Gasteiger partial charge in [-0.05, 0) is 23.6 Å². The lowest BCUT2D eigenvalue weighted by atomic mass is 9.95. The molecule has 0 saturated heterocycles. The second kappa shape index (κ2) is 8.19. The van der Waals surface area contributed by atoms with E-state index in [1.165, 1.54) is 11.1 Å². The van der Waals surface area contributed by atoms with Gasteiger partial charge in [-0.3, -0.25) is 9.59 Å². The number of quaternary nitrogens is 1. The van der Waals surface area contributed by atoms with E-state index in [9.17, 15) is 9.59 Å². The van der Waals surface area contributed by atoms with Crippen LogP contribution in [-0.2, 0) is 29.1 Å². The maximum Gasteiger partial charge on any atom is 0.279 e. The lowest BCUT2D eigenvalue weighted by molar-refractivity contribution is -0.695. The summed E-state index contributed by atoms with van der Waals surface area (Å²) in [5.41, 5.74) is 2.48. The minimum Gasteiger partial charge on any atom is -0.467 e. The van der Waals surface area contributed by atoms with E-state index in [0.29, 0.717) is 18.7 Å². The molecule has 1 aliphatic heterocycles. The van der Waals surface area contributed by atoms with Gasteiger partial charge in [-0.25, -0.2) is 0 Å². The Balaban J connectivity index is 1.59. The minimum atomic E-state index is -0.567. The van der Waals surface area contributed by atoms with E-state index in [0.717, 1.165) is 6.54 Å². The first-order valence-electron chi connectivity index (χ1n) is 9.05. The molecule has 0 radical (unpaired) electrons. The van der Waals surface area contributed by atoms with E-state index in [1.807, 2.05) is 31.3 Å². The SMILES string of the molecule is CC(C)[C@H](NC(=O)[C@@H]1Cc2ccccc2C[NH2+]1)C(=O)NCc1ccco1. The van der Waals surface area contributed by atoms with E-state index in [4.69, 9.17) is 4.42 Å². The standard InChI is InChI=1S/C20H25N3O3/c1-13(2)18(20(25)22-12-16-8-5-9-26-16)23-19(24)17-10-14-6-3-4-7-15(14)11-21-17/h3-9,13,17-18,21H,10-12H2,1-2H3,(H,22,25)(H,23,24)/p+1/t17-,18-/m0/s1. The molecule has 0 saturated carbocycles. The van der Waals surface area contributed by atoms with Crippen LogP contribution in [0.4, 0.5) is 0 Å². The van der Waals surface area contributed by atoms with Gasteiger partial charge in [0.1, 0.15) is 18.3 Å². The van der Waals surface area contributed by atoms with E-state index >= 15 is 0 Å². The number of carbonyl (C=O) groups is 2. The molecule has 3 rings (SSSR count). The predicted octanol–water partition coefficient (Wildman–Crippen LogP) is 0.725. The average molecular weight is 356 g/mol. The van der Waals surface area contributed by atoms with Crippen molar-refractivity contribution in [3.05, 3.63) is 59.5 Å². The Kier molecular flexibility index (Phi) is 5.73. The summed E-state index contributed by atoms with van der Waals surface area (Å²) in [6.45, 7) is 4.95. The van der Waals surface area contributed by atoms with Crippen LogP contribution in [-0.4, -0.2) is 23.9 Å². The molecule has 2 atom stereocenters. The lowest BCUT2D eigenvalue weighted by Crippen LogP contribution is -2.93. The van der Waals surface area contributed by atoms with Gasteiger partial charge >= 0.3 is 0 Å². The molecule has 0 aliphatic carbocycles. The largest absolute Gasteiger partial charge is 0.467 e. The summed E-state index contributed by atoms with van der Waals surface area (Å²) >= 11 is 0. The molecule has 138 valence electrons. The maximum absolute atomic E-state index is 12.7.